The summed E-state index contributed by atoms with van der Waals surface area (Å²) in [5.41, 5.74) is 1.77. The predicted octanol–water partition coefficient (Wildman–Crippen LogP) is 2.30. The summed E-state index contributed by atoms with van der Waals surface area (Å²) in [5, 5.41) is 16.8. The molecule has 0 saturated carbocycles. The van der Waals surface area contributed by atoms with Crippen molar-refractivity contribution in [1.82, 2.24) is 9.61 Å². The van der Waals surface area contributed by atoms with Crippen LogP contribution in [0.3, 0.4) is 0 Å². The second kappa shape index (κ2) is 5.00. The largest absolute Gasteiger partial charge is 0.480 e. The van der Waals surface area contributed by atoms with Gasteiger partial charge in [0.1, 0.15) is 11.8 Å². The number of hydrogen-bond donors (Lipinski definition) is 0. The zero-order valence-corrected chi connectivity index (χ0v) is 15.9. The molecule has 0 aromatic carbocycles. The quantitative estimate of drug-likeness (QED) is 0.816. The number of ether oxygens (including phenoxy) is 1. The molecule has 0 aliphatic heterocycles. The second-order valence-corrected chi connectivity index (χ2v) is 17.4. The summed E-state index contributed by atoms with van der Waals surface area (Å²) in [6.45, 7) is 13.9. The summed E-state index contributed by atoms with van der Waals surface area (Å²) >= 11 is 0. The van der Waals surface area contributed by atoms with Gasteiger partial charge >= 0.3 is 0 Å². The smallest absolute Gasteiger partial charge is 0.231 e. The van der Waals surface area contributed by atoms with Crippen molar-refractivity contribution in [2.24, 2.45) is 0 Å². The summed E-state index contributed by atoms with van der Waals surface area (Å²) in [5.74, 6) is 0.540. The first kappa shape index (κ1) is 15.8. The third-order valence-corrected chi connectivity index (χ3v) is 7.82. The van der Waals surface area contributed by atoms with E-state index in [0.717, 1.165) is 5.52 Å². The van der Waals surface area contributed by atoms with Crippen molar-refractivity contribution in [3.05, 3.63) is 17.8 Å². The van der Waals surface area contributed by atoms with Crippen molar-refractivity contribution in [1.29, 1.82) is 5.26 Å². The number of fused-ring (bicyclic) bond motifs is 1. The van der Waals surface area contributed by atoms with E-state index < -0.39 is 16.1 Å². The molecule has 0 aliphatic rings. The average Bonchev–Trinajstić information content (AvgIpc) is 2.71. The Morgan fingerprint density at radius 3 is 2.05 bits per heavy atom. The minimum Gasteiger partial charge on any atom is -0.480 e. The molecule has 21 heavy (non-hydrogen) atoms. The van der Waals surface area contributed by atoms with Gasteiger partial charge < -0.3 is 4.74 Å². The van der Waals surface area contributed by atoms with Gasteiger partial charge in [0.2, 0.25) is 5.88 Å². The molecular formula is C15H23N3OSi2. The monoisotopic (exact) mass is 317 g/mol. The van der Waals surface area contributed by atoms with E-state index in [9.17, 15) is 5.26 Å². The summed E-state index contributed by atoms with van der Waals surface area (Å²) < 4.78 is 7.02. The van der Waals surface area contributed by atoms with Crippen molar-refractivity contribution in [2.45, 2.75) is 39.3 Å². The van der Waals surface area contributed by atoms with Crippen molar-refractivity contribution >= 4 is 32.0 Å². The number of nitriles is 1. The number of methoxy groups -OCH3 is 1. The highest BCUT2D eigenvalue weighted by atomic mass is 28.3. The van der Waals surface area contributed by atoms with Crippen molar-refractivity contribution in [3.8, 4) is 11.9 Å². The molecule has 0 amide bonds. The Bertz CT molecular complexity index is 730. The zero-order chi connectivity index (χ0) is 16.0. The van der Waals surface area contributed by atoms with E-state index in [1.54, 1.807) is 11.6 Å². The third kappa shape index (κ3) is 2.63. The topological polar surface area (TPSA) is 50.3 Å². The number of nitrogens with zero attached hydrogens (tertiary/aromatic N) is 3. The maximum absolute atomic E-state index is 9.71. The van der Waals surface area contributed by atoms with Crippen LogP contribution in [-0.2, 0) is 0 Å². The SMILES string of the molecule is COc1ccc2c([Si](C)(C)C)c([Si](C)(C)C)c(C#N)n2n1. The summed E-state index contributed by atoms with van der Waals surface area (Å²) in [6, 6.07) is 6.32. The highest BCUT2D eigenvalue weighted by Gasteiger charge is 2.35. The highest BCUT2D eigenvalue weighted by Crippen LogP contribution is 2.18. The lowest BCUT2D eigenvalue weighted by Crippen LogP contribution is -2.55. The van der Waals surface area contributed by atoms with Gasteiger partial charge in [0.25, 0.3) is 0 Å². The standard InChI is InChI=1S/C15H23N3OSi2/c1-19-13-9-8-11-14(20(2,3)4)15(21(5,6)7)12(10-16)18(11)17-13/h8-9H,1-7H3. The molecule has 0 spiro atoms. The Kier molecular flexibility index (Phi) is 3.76. The van der Waals surface area contributed by atoms with Gasteiger partial charge in [-0.2, -0.15) is 5.26 Å². The molecule has 0 radical (unpaired) electrons. The van der Waals surface area contributed by atoms with Crippen LogP contribution in [0, 0.1) is 11.3 Å². The Morgan fingerprint density at radius 1 is 1.05 bits per heavy atom. The molecule has 112 valence electrons. The molecule has 2 aromatic heterocycles. The summed E-state index contributed by atoms with van der Waals surface area (Å²) in [7, 11) is -1.65. The minimum absolute atomic E-state index is 0.540. The van der Waals surface area contributed by atoms with E-state index in [4.69, 9.17) is 4.74 Å². The maximum atomic E-state index is 9.71. The third-order valence-electron chi connectivity index (χ3n) is 3.58. The van der Waals surface area contributed by atoms with Crippen molar-refractivity contribution < 1.29 is 4.74 Å². The van der Waals surface area contributed by atoms with Gasteiger partial charge in [-0.1, -0.05) is 39.3 Å². The van der Waals surface area contributed by atoms with E-state index in [-0.39, 0.29) is 0 Å². The van der Waals surface area contributed by atoms with Gasteiger partial charge in [0.05, 0.1) is 28.8 Å². The van der Waals surface area contributed by atoms with E-state index >= 15 is 0 Å². The van der Waals surface area contributed by atoms with Gasteiger partial charge in [-0.3, -0.25) is 0 Å². The average molecular weight is 318 g/mol. The van der Waals surface area contributed by atoms with Crippen LogP contribution in [0.1, 0.15) is 5.69 Å². The molecule has 0 unspecified atom stereocenters. The first-order chi connectivity index (χ1) is 9.61. The van der Waals surface area contributed by atoms with Crippen LogP contribution in [0.5, 0.6) is 5.88 Å². The summed E-state index contributed by atoms with van der Waals surface area (Å²) in [4.78, 5) is 0. The summed E-state index contributed by atoms with van der Waals surface area (Å²) in [6.07, 6.45) is 0. The normalized spacial score (nSPS) is 12.5. The molecule has 4 nitrogen and oxygen atoms in total. The lowest BCUT2D eigenvalue weighted by Gasteiger charge is -2.24. The van der Waals surface area contributed by atoms with Crippen molar-refractivity contribution in [2.75, 3.05) is 7.11 Å². The number of rotatable bonds is 3. The Hall–Kier alpha value is -1.59. The van der Waals surface area contributed by atoms with E-state index in [1.165, 1.54) is 10.4 Å². The Labute approximate surface area is 128 Å². The van der Waals surface area contributed by atoms with Crippen LogP contribution >= 0.6 is 0 Å². The van der Waals surface area contributed by atoms with Crippen LogP contribution < -0.4 is 15.1 Å². The first-order valence-electron chi connectivity index (χ1n) is 7.12. The molecule has 2 heterocycles. The number of aromatic nitrogens is 2. The van der Waals surface area contributed by atoms with Crippen molar-refractivity contribution in [3.63, 3.8) is 0 Å². The molecule has 0 saturated heterocycles. The first-order valence-corrected chi connectivity index (χ1v) is 14.1. The van der Waals surface area contributed by atoms with E-state index in [0.29, 0.717) is 11.6 Å². The lowest BCUT2D eigenvalue weighted by atomic mass is 10.4. The lowest BCUT2D eigenvalue weighted by molar-refractivity contribution is 0.390. The van der Waals surface area contributed by atoms with E-state index in [2.05, 4.69) is 50.4 Å². The van der Waals surface area contributed by atoms with Gasteiger partial charge in [-0.15, -0.1) is 5.10 Å². The molecule has 0 N–H and O–H groups in total. The highest BCUT2D eigenvalue weighted by molar-refractivity contribution is 7.00. The van der Waals surface area contributed by atoms with Crippen LogP contribution in [0.25, 0.3) is 5.52 Å². The Balaban J connectivity index is 3.02. The zero-order valence-electron chi connectivity index (χ0n) is 13.9. The molecule has 6 heteroatoms. The van der Waals surface area contributed by atoms with Gasteiger partial charge in [0.15, 0.2) is 0 Å². The number of hydrogen-bond acceptors (Lipinski definition) is 3. The molecule has 2 aromatic rings. The van der Waals surface area contributed by atoms with Crippen LogP contribution in [0.4, 0.5) is 0 Å². The van der Waals surface area contributed by atoms with Gasteiger partial charge in [0, 0.05) is 6.07 Å². The molecule has 0 fully saturated rings. The molecule has 0 aliphatic carbocycles. The maximum Gasteiger partial charge on any atom is 0.231 e. The second-order valence-electron chi connectivity index (χ2n) is 7.38. The minimum atomic E-state index is -1.65. The van der Waals surface area contributed by atoms with Crippen LogP contribution in [0.2, 0.25) is 39.3 Å². The molecule has 2 rings (SSSR count). The Morgan fingerprint density at radius 2 is 1.62 bits per heavy atom. The molecule has 0 bridgehead atoms. The van der Waals surface area contributed by atoms with Crippen LogP contribution in [0.15, 0.2) is 12.1 Å². The fraction of sp³-hybridized carbons (Fsp3) is 0.467. The fourth-order valence-corrected chi connectivity index (χ4v) is 8.65. The van der Waals surface area contributed by atoms with E-state index in [1.807, 2.05) is 12.1 Å². The molecular weight excluding hydrogens is 294 g/mol. The fourth-order valence-electron chi connectivity index (χ4n) is 2.82. The van der Waals surface area contributed by atoms with Crippen LogP contribution in [-0.4, -0.2) is 32.9 Å². The predicted molar refractivity (Wildman–Crippen MR) is 92.4 cm³/mol. The van der Waals surface area contributed by atoms with Gasteiger partial charge in [-0.05, 0) is 16.4 Å². The van der Waals surface area contributed by atoms with Gasteiger partial charge in [-0.25, -0.2) is 4.52 Å². The molecule has 0 atom stereocenters.